The van der Waals surface area contributed by atoms with Gasteiger partial charge in [0.05, 0.1) is 0 Å². The molecule has 0 aliphatic rings. The molecule has 1 aromatic heterocycles. The smallest absolute Gasteiger partial charge is 0.360 e. The first kappa shape index (κ1) is 10.4. The Morgan fingerprint density at radius 3 is 2.79 bits per heavy atom. The van der Waals surface area contributed by atoms with Crippen LogP contribution >= 0.6 is 0 Å². The van der Waals surface area contributed by atoms with E-state index >= 15 is 0 Å². The summed E-state index contributed by atoms with van der Waals surface area (Å²) in [6, 6.07) is 0. The van der Waals surface area contributed by atoms with Crippen molar-refractivity contribution in [2.45, 2.75) is 0 Å². The van der Waals surface area contributed by atoms with Gasteiger partial charge in [-0.3, -0.25) is 0 Å². The van der Waals surface area contributed by atoms with E-state index in [9.17, 15) is 13.2 Å². The molecule has 8 nitrogen and oxygen atoms in total. The highest BCUT2D eigenvalue weighted by atomic mass is 32.2. The molecular formula is C5H8N4O4S. The van der Waals surface area contributed by atoms with Gasteiger partial charge < -0.3 is 10.0 Å². The van der Waals surface area contributed by atoms with Gasteiger partial charge in [-0.05, 0) is 0 Å². The van der Waals surface area contributed by atoms with Gasteiger partial charge in [-0.1, -0.05) is 5.21 Å². The third-order valence-corrected chi connectivity index (χ3v) is 2.10. The lowest BCUT2D eigenvalue weighted by Crippen LogP contribution is -2.22. The van der Waals surface area contributed by atoms with Crippen molar-refractivity contribution >= 4 is 22.5 Å². The number of thiol groups is 1. The second-order valence-electron chi connectivity index (χ2n) is 2.49. The fraction of sp³-hybridized carbons (Fsp3) is 0.400. The van der Waals surface area contributed by atoms with Crippen LogP contribution in [0.3, 0.4) is 0 Å². The molecule has 1 aromatic rings. The monoisotopic (exact) mass is 220 g/mol. The van der Waals surface area contributed by atoms with Crippen LogP contribution in [0.4, 0.5) is 5.82 Å². The van der Waals surface area contributed by atoms with Crippen LogP contribution in [0, 0.1) is 0 Å². The van der Waals surface area contributed by atoms with Gasteiger partial charge in [-0.25, -0.2) is 18.3 Å². The number of rotatable bonds is 4. The van der Waals surface area contributed by atoms with Crippen LogP contribution in [-0.4, -0.2) is 47.8 Å². The van der Waals surface area contributed by atoms with E-state index in [0.29, 0.717) is 0 Å². The minimum Gasteiger partial charge on any atom is -0.476 e. The number of nitrogens with one attached hydrogen (secondary N) is 1. The van der Waals surface area contributed by atoms with Crippen molar-refractivity contribution in [1.29, 1.82) is 0 Å². The summed E-state index contributed by atoms with van der Waals surface area (Å²) in [5.41, 5.74) is -0.302. The number of nitrogens with zero attached hydrogens (tertiary/aromatic N) is 3. The van der Waals surface area contributed by atoms with Gasteiger partial charge in [0.15, 0.2) is 16.5 Å². The van der Waals surface area contributed by atoms with Crippen molar-refractivity contribution in [3.8, 4) is 0 Å². The first-order valence-corrected chi connectivity index (χ1v) is 4.86. The average Bonchev–Trinajstić information content (AvgIpc) is 2.49. The molecule has 0 radical (unpaired) electrons. The minimum atomic E-state index is -2.62. The number of aromatic nitrogens is 3. The molecule has 0 aliphatic heterocycles. The Morgan fingerprint density at radius 1 is 1.64 bits per heavy atom. The third-order valence-electron chi connectivity index (χ3n) is 1.44. The van der Waals surface area contributed by atoms with Gasteiger partial charge in [-0.2, -0.15) is 0 Å². The van der Waals surface area contributed by atoms with E-state index in [1.807, 2.05) is 0 Å². The molecule has 0 spiro atoms. The van der Waals surface area contributed by atoms with Crippen molar-refractivity contribution in [1.82, 2.24) is 15.4 Å². The number of carbonyl (C=O) groups is 1. The molecule has 9 heteroatoms. The fourth-order valence-electron chi connectivity index (χ4n) is 0.877. The molecule has 0 saturated heterocycles. The molecule has 14 heavy (non-hydrogen) atoms. The normalized spacial score (nSPS) is 10.4. The summed E-state index contributed by atoms with van der Waals surface area (Å²) in [4.78, 5) is 11.8. The van der Waals surface area contributed by atoms with E-state index < -0.39 is 16.7 Å². The van der Waals surface area contributed by atoms with Crippen LogP contribution < -0.4 is 4.90 Å². The number of aromatic amines is 1. The number of carboxylic acids is 1. The second kappa shape index (κ2) is 4.05. The zero-order valence-corrected chi connectivity index (χ0v) is 8.06. The summed E-state index contributed by atoms with van der Waals surface area (Å²) in [6.07, 6.45) is 0. The molecule has 0 amide bonds. The molecular weight excluding hydrogens is 212 g/mol. The van der Waals surface area contributed by atoms with Crippen LogP contribution in [0.25, 0.3) is 0 Å². The number of aromatic carboxylic acids is 1. The highest BCUT2D eigenvalue weighted by Crippen LogP contribution is 2.11. The summed E-state index contributed by atoms with van der Waals surface area (Å²) >= 11 is 0. The average molecular weight is 220 g/mol. The van der Waals surface area contributed by atoms with E-state index in [1.54, 1.807) is 0 Å². The largest absolute Gasteiger partial charge is 0.476 e. The molecule has 78 valence electrons. The molecule has 0 fully saturated rings. The number of H-pyrrole nitrogens is 1. The standard InChI is InChI=1S/C5H8N4O4S/c1-9(2-14(12)13)4-3(5(10)11)6-8-7-4/h14H,2H2,1H3,(H,10,11)(H,6,7,8). The summed E-state index contributed by atoms with van der Waals surface area (Å²) in [5.74, 6) is -1.49. The molecule has 0 saturated carbocycles. The van der Waals surface area contributed by atoms with Crippen molar-refractivity contribution in [2.24, 2.45) is 0 Å². The van der Waals surface area contributed by atoms with Crippen LogP contribution in [0.5, 0.6) is 0 Å². The molecule has 0 unspecified atom stereocenters. The van der Waals surface area contributed by atoms with Crippen LogP contribution in [-0.2, 0) is 10.7 Å². The number of hydrogen-bond acceptors (Lipinski definition) is 6. The van der Waals surface area contributed by atoms with Crippen LogP contribution in [0.15, 0.2) is 0 Å². The Balaban J connectivity index is 2.94. The Labute approximate surface area is 80.5 Å². The summed E-state index contributed by atoms with van der Waals surface area (Å²) in [6.45, 7) is 0. The maximum absolute atomic E-state index is 10.6. The first-order valence-electron chi connectivity index (χ1n) is 3.49. The molecule has 1 rings (SSSR count). The lowest BCUT2D eigenvalue weighted by atomic mass is 10.4. The zero-order chi connectivity index (χ0) is 10.7. The topological polar surface area (TPSA) is 116 Å². The molecule has 1 heterocycles. The van der Waals surface area contributed by atoms with Gasteiger partial charge in [0.25, 0.3) is 0 Å². The van der Waals surface area contributed by atoms with Gasteiger partial charge in [-0.15, -0.1) is 5.10 Å². The predicted molar refractivity (Wildman–Crippen MR) is 46.9 cm³/mol. The fourth-order valence-corrected chi connectivity index (χ4v) is 1.36. The summed E-state index contributed by atoms with van der Waals surface area (Å²) < 4.78 is 20.8. The zero-order valence-electron chi connectivity index (χ0n) is 7.17. The Hall–Kier alpha value is -1.64. The molecule has 0 aromatic carbocycles. The van der Waals surface area contributed by atoms with E-state index in [4.69, 9.17) is 5.11 Å². The summed E-state index contributed by atoms with van der Waals surface area (Å²) in [5, 5.41) is 17.5. The van der Waals surface area contributed by atoms with Crippen LogP contribution in [0.2, 0.25) is 0 Å². The SMILES string of the molecule is CN(C[SH](=O)=O)c1[nH]nnc1C(=O)O. The lowest BCUT2D eigenvalue weighted by Gasteiger charge is -2.12. The Bertz CT molecular complexity index is 404. The molecule has 0 bridgehead atoms. The summed E-state index contributed by atoms with van der Waals surface area (Å²) in [7, 11) is -1.20. The molecule has 0 atom stereocenters. The number of hydrogen-bond donors (Lipinski definition) is 3. The van der Waals surface area contributed by atoms with Crippen molar-refractivity contribution < 1.29 is 18.3 Å². The maximum Gasteiger partial charge on any atom is 0.360 e. The Kier molecular flexibility index (Phi) is 3.02. The number of carboxylic acid groups (broad SMARTS) is 1. The van der Waals surface area contributed by atoms with Gasteiger partial charge in [0, 0.05) is 7.05 Å². The van der Waals surface area contributed by atoms with Crippen LogP contribution in [0.1, 0.15) is 10.5 Å². The highest BCUT2D eigenvalue weighted by molar-refractivity contribution is 7.72. The van der Waals surface area contributed by atoms with E-state index in [2.05, 4.69) is 15.4 Å². The van der Waals surface area contributed by atoms with Gasteiger partial charge in [0.2, 0.25) is 5.69 Å². The minimum absolute atomic E-state index is 0.0664. The van der Waals surface area contributed by atoms with Gasteiger partial charge in [0.1, 0.15) is 5.88 Å². The van der Waals surface area contributed by atoms with Crippen molar-refractivity contribution in [3.63, 3.8) is 0 Å². The van der Waals surface area contributed by atoms with Crippen molar-refractivity contribution in [3.05, 3.63) is 5.69 Å². The van der Waals surface area contributed by atoms with Crippen molar-refractivity contribution in [2.75, 3.05) is 17.8 Å². The molecule has 2 N–H and O–H groups in total. The van der Waals surface area contributed by atoms with E-state index in [-0.39, 0.29) is 17.4 Å². The lowest BCUT2D eigenvalue weighted by molar-refractivity contribution is 0.0691. The van der Waals surface area contributed by atoms with E-state index in [1.165, 1.54) is 11.9 Å². The quantitative estimate of drug-likeness (QED) is 0.529. The third kappa shape index (κ3) is 2.19. The second-order valence-corrected chi connectivity index (χ2v) is 3.43. The Morgan fingerprint density at radius 2 is 2.29 bits per heavy atom. The first-order chi connectivity index (χ1) is 6.52. The number of anilines is 1. The molecule has 0 aliphatic carbocycles. The highest BCUT2D eigenvalue weighted by Gasteiger charge is 2.17. The van der Waals surface area contributed by atoms with E-state index in [0.717, 1.165) is 0 Å². The predicted octanol–water partition coefficient (Wildman–Crippen LogP) is -1.49. The maximum atomic E-state index is 10.6. The van der Waals surface area contributed by atoms with Gasteiger partial charge >= 0.3 is 5.97 Å².